The van der Waals surface area contributed by atoms with Crippen molar-refractivity contribution in [2.24, 2.45) is 0 Å². The Balaban J connectivity index is 0. The molecule has 0 saturated heterocycles. The molecule has 0 aromatic heterocycles. The Morgan fingerprint density at radius 3 is 1.47 bits per heavy atom. The quantitative estimate of drug-likeness (QED) is 0.791. The van der Waals surface area contributed by atoms with Gasteiger partial charge in [0.15, 0.2) is 0 Å². The van der Waals surface area contributed by atoms with E-state index >= 15 is 0 Å². The average Bonchev–Trinajstić information content (AvgIpc) is 2.27. The molecule has 0 unspecified atom stereocenters. The van der Waals surface area contributed by atoms with Crippen LogP contribution in [0.2, 0.25) is 0 Å². The number of rotatable bonds is 2. The van der Waals surface area contributed by atoms with Crippen LogP contribution in [-0.2, 0) is 0 Å². The first-order valence-corrected chi connectivity index (χ1v) is 4.58. The van der Waals surface area contributed by atoms with Crippen LogP contribution in [-0.4, -0.2) is 45.2 Å². The van der Waals surface area contributed by atoms with Gasteiger partial charge in [0.25, 0.3) is 0 Å². The molecule has 0 spiro atoms. The van der Waals surface area contributed by atoms with Crippen LogP contribution in [0, 0.1) is 0 Å². The zero-order valence-corrected chi connectivity index (χ0v) is 10.3. The molecule has 84 valence electrons. The van der Waals surface area contributed by atoms with E-state index in [2.05, 4.69) is 0 Å². The van der Waals surface area contributed by atoms with Gasteiger partial charge in [-0.2, -0.15) is 0 Å². The van der Waals surface area contributed by atoms with E-state index in [1.165, 1.54) is 24.3 Å². The summed E-state index contributed by atoms with van der Waals surface area (Å²) in [5.74, 6) is -1.99. The Labute approximate surface area is 116 Å². The third kappa shape index (κ3) is 2.75. The summed E-state index contributed by atoms with van der Waals surface area (Å²) in [5.41, 5.74) is 0.381. The van der Waals surface area contributed by atoms with Crippen molar-refractivity contribution in [2.75, 3.05) is 0 Å². The maximum atomic E-state index is 10.7. The van der Waals surface area contributed by atoms with Gasteiger partial charge in [-0.25, -0.2) is 9.59 Å². The average molecular weight is 243 g/mol. The van der Waals surface area contributed by atoms with Gasteiger partial charge in [0, 0.05) is 0 Å². The molecule has 4 nitrogen and oxygen atoms in total. The summed E-state index contributed by atoms with van der Waals surface area (Å²) in [6, 6.07) is 9.15. The molecule has 0 heterocycles. The van der Waals surface area contributed by atoms with Gasteiger partial charge in [-0.15, -0.1) is 0 Å². The van der Waals surface area contributed by atoms with Crippen molar-refractivity contribution in [3.63, 3.8) is 0 Å². The summed E-state index contributed by atoms with van der Waals surface area (Å²) in [6.45, 7) is 0. The molecule has 0 fully saturated rings. The van der Waals surface area contributed by atoms with Crippen molar-refractivity contribution < 1.29 is 22.7 Å². The summed E-state index contributed by atoms with van der Waals surface area (Å²) < 4.78 is 0. The minimum absolute atomic E-state index is 0. The molecule has 2 aromatic carbocycles. The van der Waals surface area contributed by atoms with Gasteiger partial charge in [0.1, 0.15) is 0 Å². The van der Waals surface area contributed by atoms with Crippen LogP contribution < -0.4 is 0 Å². The van der Waals surface area contributed by atoms with E-state index in [0.717, 1.165) is 0 Å². The van der Waals surface area contributed by atoms with Crippen LogP contribution in [0.5, 0.6) is 0 Å². The van der Waals surface area contributed by atoms with Gasteiger partial charge >= 0.3 is 35.0 Å². The van der Waals surface area contributed by atoms with E-state index in [1.54, 1.807) is 12.1 Å². The van der Waals surface area contributed by atoms with Crippen LogP contribution in [0.15, 0.2) is 36.4 Å². The summed E-state index contributed by atoms with van der Waals surface area (Å²) in [5, 5.41) is 19.0. The van der Waals surface area contributed by atoms with Crippen LogP contribution in [0.25, 0.3) is 10.8 Å². The number of aromatic carboxylic acids is 2. The molecule has 0 saturated carbocycles. The second-order valence-electron chi connectivity index (χ2n) is 3.39. The molecule has 2 aromatic rings. The molecule has 0 aliphatic carbocycles. The third-order valence-electron chi connectivity index (χ3n) is 2.33. The monoisotopic (exact) mass is 242 g/mol. The SMILES string of the molecule is O=C(O)c1ccc2cc(C(=O)O)ccc2c1.[H-].[H-].[Mg+2]. The van der Waals surface area contributed by atoms with Crippen molar-refractivity contribution in [1.29, 1.82) is 0 Å². The minimum atomic E-state index is -0.996. The number of fused-ring (bicyclic) bond motifs is 1. The molecule has 0 bridgehead atoms. The van der Waals surface area contributed by atoms with Gasteiger partial charge < -0.3 is 13.1 Å². The summed E-state index contributed by atoms with van der Waals surface area (Å²) >= 11 is 0. The molecule has 2 rings (SSSR count). The Morgan fingerprint density at radius 1 is 0.824 bits per heavy atom. The first kappa shape index (κ1) is 13.5. The van der Waals surface area contributed by atoms with E-state index in [1.807, 2.05) is 0 Å². The fourth-order valence-corrected chi connectivity index (χ4v) is 1.51. The first-order valence-electron chi connectivity index (χ1n) is 4.58. The fraction of sp³-hybridized carbons (Fsp3) is 0. The second-order valence-corrected chi connectivity index (χ2v) is 3.39. The minimum Gasteiger partial charge on any atom is -1.00 e. The third-order valence-corrected chi connectivity index (χ3v) is 2.33. The number of hydrogen-bond donors (Lipinski definition) is 2. The standard InChI is InChI=1S/C12H8O4.Mg.2H/c13-11(14)9-3-1-7-5-10(12(15)16)4-2-8(7)6-9;;;/h1-6H,(H,13,14)(H,15,16);;;/q;+2;2*-1. The molecule has 0 atom stereocenters. The first-order chi connectivity index (χ1) is 7.58. The van der Waals surface area contributed by atoms with Crippen molar-refractivity contribution in [3.05, 3.63) is 47.5 Å². The van der Waals surface area contributed by atoms with E-state index < -0.39 is 11.9 Å². The molecule has 2 N–H and O–H groups in total. The number of hydrogen-bond acceptors (Lipinski definition) is 2. The van der Waals surface area contributed by atoms with E-state index in [4.69, 9.17) is 10.2 Å². The Bertz CT molecular complexity index is 548. The molecular weight excluding hydrogens is 232 g/mol. The van der Waals surface area contributed by atoms with Gasteiger partial charge in [-0.05, 0) is 35.0 Å². The predicted octanol–water partition coefficient (Wildman–Crippen LogP) is 2.08. The van der Waals surface area contributed by atoms with Crippen LogP contribution in [0.3, 0.4) is 0 Å². The maximum absolute atomic E-state index is 10.7. The summed E-state index contributed by atoms with van der Waals surface area (Å²) in [6.07, 6.45) is 0. The number of carbonyl (C=O) groups is 2. The molecule has 5 heteroatoms. The Kier molecular flexibility index (Phi) is 4.09. The van der Waals surface area contributed by atoms with E-state index in [0.29, 0.717) is 10.8 Å². The second kappa shape index (κ2) is 5.16. The number of benzene rings is 2. The topological polar surface area (TPSA) is 74.6 Å². The van der Waals surface area contributed by atoms with Gasteiger partial charge in [0.2, 0.25) is 0 Å². The van der Waals surface area contributed by atoms with Crippen LogP contribution in [0.4, 0.5) is 0 Å². The van der Waals surface area contributed by atoms with Crippen molar-refractivity contribution in [1.82, 2.24) is 0 Å². The Morgan fingerprint density at radius 2 is 1.18 bits per heavy atom. The predicted molar refractivity (Wildman–Crippen MR) is 65.8 cm³/mol. The van der Waals surface area contributed by atoms with Crippen LogP contribution >= 0.6 is 0 Å². The van der Waals surface area contributed by atoms with Crippen molar-refractivity contribution >= 4 is 45.8 Å². The van der Waals surface area contributed by atoms with E-state index in [9.17, 15) is 9.59 Å². The zero-order chi connectivity index (χ0) is 11.7. The largest absolute Gasteiger partial charge is 2.00 e. The van der Waals surface area contributed by atoms with Crippen LogP contribution in [0.1, 0.15) is 23.6 Å². The summed E-state index contributed by atoms with van der Waals surface area (Å²) in [7, 11) is 0. The number of carboxylic acid groups (broad SMARTS) is 2. The van der Waals surface area contributed by atoms with Gasteiger partial charge in [0.05, 0.1) is 11.1 Å². The van der Waals surface area contributed by atoms with E-state index in [-0.39, 0.29) is 37.0 Å². The normalized spacial score (nSPS) is 9.65. The molecule has 0 aliphatic heterocycles. The molecule has 17 heavy (non-hydrogen) atoms. The summed E-state index contributed by atoms with van der Waals surface area (Å²) in [4.78, 5) is 21.5. The fourth-order valence-electron chi connectivity index (χ4n) is 1.51. The van der Waals surface area contributed by atoms with Crippen molar-refractivity contribution in [2.45, 2.75) is 0 Å². The number of carboxylic acids is 2. The smallest absolute Gasteiger partial charge is 1.00 e. The Hall–Kier alpha value is -1.59. The molecule has 0 amide bonds. The molecule has 0 aliphatic rings. The molecular formula is C12H10MgO4. The van der Waals surface area contributed by atoms with Gasteiger partial charge in [-0.1, -0.05) is 12.1 Å². The van der Waals surface area contributed by atoms with Gasteiger partial charge in [-0.3, -0.25) is 0 Å². The zero-order valence-electron chi connectivity index (χ0n) is 10.9. The van der Waals surface area contributed by atoms with Crippen molar-refractivity contribution in [3.8, 4) is 0 Å². The molecule has 0 radical (unpaired) electrons. The maximum Gasteiger partial charge on any atom is 2.00 e.